The van der Waals surface area contributed by atoms with Crippen molar-refractivity contribution in [1.29, 1.82) is 0 Å². The molecule has 1 N–H and O–H groups in total. The maximum atomic E-state index is 13.3. The van der Waals surface area contributed by atoms with Crippen LogP contribution < -0.4 is 5.32 Å². The molecule has 0 aliphatic rings. The minimum atomic E-state index is -4.47. The number of hydrogen-bond acceptors (Lipinski definition) is 1. The lowest BCUT2D eigenvalue weighted by atomic mass is 10.1. The molecular weight excluding hydrogens is 345 g/mol. The van der Waals surface area contributed by atoms with Crippen molar-refractivity contribution in [3.8, 4) is 0 Å². The Morgan fingerprint density at radius 2 is 1.59 bits per heavy atom. The van der Waals surface area contributed by atoms with Gasteiger partial charge in [-0.1, -0.05) is 23.2 Å². The van der Waals surface area contributed by atoms with E-state index in [0.717, 1.165) is 36.4 Å². The quantitative estimate of drug-likeness (QED) is 0.569. The molecule has 116 valence electrons. The van der Waals surface area contributed by atoms with Crippen LogP contribution in [0.25, 0.3) is 0 Å². The lowest BCUT2D eigenvalue weighted by Crippen LogP contribution is -2.13. The second kappa shape index (κ2) is 6.14. The van der Waals surface area contributed by atoms with Crippen LogP contribution in [0.4, 0.5) is 23.2 Å². The maximum Gasteiger partial charge on any atom is 0.416 e. The molecule has 2 aromatic carbocycles. The SMILES string of the molecule is O=C(Nc1ccc(C(F)(F)F)cc1)c1cc(F)c(Cl)cc1Cl. The van der Waals surface area contributed by atoms with E-state index in [2.05, 4.69) is 5.32 Å². The number of carbonyl (C=O) groups is 1. The first-order chi connectivity index (χ1) is 10.2. The molecular formula is C14H7Cl2F4NO. The number of anilines is 1. The normalized spacial score (nSPS) is 11.4. The number of carbonyl (C=O) groups excluding carboxylic acids is 1. The summed E-state index contributed by atoms with van der Waals surface area (Å²) < 4.78 is 50.6. The zero-order chi connectivity index (χ0) is 16.5. The van der Waals surface area contributed by atoms with Gasteiger partial charge in [0.1, 0.15) is 5.82 Å². The summed E-state index contributed by atoms with van der Waals surface area (Å²) in [7, 11) is 0. The van der Waals surface area contributed by atoms with E-state index in [4.69, 9.17) is 23.2 Å². The maximum absolute atomic E-state index is 13.3. The molecule has 2 aromatic rings. The van der Waals surface area contributed by atoms with E-state index in [1.807, 2.05) is 0 Å². The predicted octanol–water partition coefficient (Wildman–Crippen LogP) is 5.40. The van der Waals surface area contributed by atoms with Crippen molar-refractivity contribution in [1.82, 2.24) is 0 Å². The molecule has 0 saturated heterocycles. The highest BCUT2D eigenvalue weighted by atomic mass is 35.5. The van der Waals surface area contributed by atoms with Crippen molar-refractivity contribution in [2.24, 2.45) is 0 Å². The summed E-state index contributed by atoms with van der Waals surface area (Å²) in [5.41, 5.74) is -0.908. The third-order valence-corrected chi connectivity index (χ3v) is 3.33. The molecule has 2 nitrogen and oxygen atoms in total. The van der Waals surface area contributed by atoms with E-state index in [9.17, 15) is 22.4 Å². The molecule has 2 rings (SSSR count). The fourth-order valence-corrected chi connectivity index (χ4v) is 2.11. The van der Waals surface area contributed by atoms with Crippen molar-refractivity contribution in [2.75, 3.05) is 5.32 Å². The van der Waals surface area contributed by atoms with Gasteiger partial charge in [-0.2, -0.15) is 13.2 Å². The fourth-order valence-electron chi connectivity index (χ4n) is 1.64. The zero-order valence-corrected chi connectivity index (χ0v) is 12.2. The van der Waals surface area contributed by atoms with Crippen LogP contribution in [-0.4, -0.2) is 5.91 Å². The van der Waals surface area contributed by atoms with E-state index >= 15 is 0 Å². The lowest BCUT2D eigenvalue weighted by molar-refractivity contribution is -0.137. The highest BCUT2D eigenvalue weighted by Gasteiger charge is 2.30. The Labute approximate surface area is 132 Å². The molecule has 0 radical (unpaired) electrons. The van der Waals surface area contributed by atoms with Crippen molar-refractivity contribution >= 4 is 34.8 Å². The van der Waals surface area contributed by atoms with Gasteiger partial charge in [-0.3, -0.25) is 4.79 Å². The van der Waals surface area contributed by atoms with Gasteiger partial charge in [-0.05, 0) is 36.4 Å². The summed E-state index contributed by atoms with van der Waals surface area (Å²) in [6.45, 7) is 0. The van der Waals surface area contributed by atoms with Gasteiger partial charge < -0.3 is 5.32 Å². The van der Waals surface area contributed by atoms with Crippen molar-refractivity contribution < 1.29 is 22.4 Å². The number of rotatable bonds is 2. The van der Waals surface area contributed by atoms with Crippen LogP contribution in [0.3, 0.4) is 0 Å². The topological polar surface area (TPSA) is 29.1 Å². The van der Waals surface area contributed by atoms with E-state index in [-0.39, 0.29) is 21.3 Å². The van der Waals surface area contributed by atoms with Crippen molar-refractivity contribution in [3.05, 3.63) is 63.4 Å². The Morgan fingerprint density at radius 3 is 2.14 bits per heavy atom. The average molecular weight is 352 g/mol. The van der Waals surface area contributed by atoms with Crippen molar-refractivity contribution in [3.63, 3.8) is 0 Å². The third-order valence-electron chi connectivity index (χ3n) is 2.72. The van der Waals surface area contributed by atoms with Gasteiger partial charge in [0.2, 0.25) is 0 Å². The van der Waals surface area contributed by atoms with E-state index in [1.165, 1.54) is 0 Å². The highest BCUT2D eigenvalue weighted by molar-refractivity contribution is 6.37. The van der Waals surface area contributed by atoms with Crippen LogP contribution in [0.5, 0.6) is 0 Å². The smallest absolute Gasteiger partial charge is 0.322 e. The Hall–Kier alpha value is -1.79. The van der Waals surface area contributed by atoms with Gasteiger partial charge in [0.05, 0.1) is 21.2 Å². The Kier molecular flexibility index (Phi) is 4.63. The van der Waals surface area contributed by atoms with Crippen LogP contribution in [0.1, 0.15) is 15.9 Å². The monoisotopic (exact) mass is 351 g/mol. The van der Waals surface area contributed by atoms with E-state index in [1.54, 1.807) is 0 Å². The predicted molar refractivity (Wildman–Crippen MR) is 75.8 cm³/mol. The first-order valence-corrected chi connectivity index (χ1v) is 6.57. The number of amides is 1. The summed E-state index contributed by atoms with van der Waals surface area (Å²) in [6.07, 6.45) is -4.47. The molecule has 0 aromatic heterocycles. The largest absolute Gasteiger partial charge is 0.416 e. The summed E-state index contributed by atoms with van der Waals surface area (Å²) in [6, 6.07) is 5.73. The molecule has 0 bridgehead atoms. The second-order valence-corrected chi connectivity index (χ2v) is 5.09. The molecule has 0 unspecified atom stereocenters. The summed E-state index contributed by atoms with van der Waals surface area (Å²) >= 11 is 11.3. The van der Waals surface area contributed by atoms with Crippen LogP contribution >= 0.6 is 23.2 Å². The third kappa shape index (κ3) is 3.69. The molecule has 1 amide bonds. The molecule has 8 heteroatoms. The molecule has 0 saturated carbocycles. The molecule has 0 atom stereocenters. The highest BCUT2D eigenvalue weighted by Crippen LogP contribution is 2.30. The summed E-state index contributed by atoms with van der Waals surface area (Å²) in [5, 5.41) is 2.01. The Balaban J connectivity index is 2.21. The average Bonchev–Trinajstić information content (AvgIpc) is 2.42. The number of benzene rings is 2. The molecule has 0 aliphatic heterocycles. The van der Waals surface area contributed by atoms with Gasteiger partial charge in [0.25, 0.3) is 5.91 Å². The molecule has 0 spiro atoms. The standard InChI is InChI=1S/C14H7Cl2F4NO/c15-10-6-11(16)12(17)5-9(10)13(22)21-8-3-1-7(2-4-8)14(18,19)20/h1-6H,(H,21,22). The first-order valence-electron chi connectivity index (χ1n) is 5.81. The van der Waals surface area contributed by atoms with Crippen molar-refractivity contribution in [2.45, 2.75) is 6.18 Å². The van der Waals surface area contributed by atoms with E-state index in [0.29, 0.717) is 0 Å². The van der Waals surface area contributed by atoms with Crippen LogP contribution in [-0.2, 0) is 6.18 Å². The zero-order valence-electron chi connectivity index (χ0n) is 10.6. The van der Waals surface area contributed by atoms with E-state index < -0.39 is 23.5 Å². The first kappa shape index (κ1) is 16.6. The summed E-state index contributed by atoms with van der Waals surface area (Å²) in [4.78, 5) is 12.0. The van der Waals surface area contributed by atoms with Gasteiger partial charge >= 0.3 is 6.18 Å². The summed E-state index contributed by atoms with van der Waals surface area (Å²) in [5.74, 6) is -1.59. The number of hydrogen-bond donors (Lipinski definition) is 1. The number of halogens is 6. The molecule has 0 heterocycles. The Morgan fingerprint density at radius 1 is 1.00 bits per heavy atom. The second-order valence-electron chi connectivity index (χ2n) is 4.28. The van der Waals surface area contributed by atoms with Crippen LogP contribution in [0, 0.1) is 5.82 Å². The Bertz CT molecular complexity index is 714. The minimum Gasteiger partial charge on any atom is -0.322 e. The van der Waals surface area contributed by atoms with Gasteiger partial charge in [0.15, 0.2) is 0 Å². The molecule has 22 heavy (non-hydrogen) atoms. The molecule has 0 fully saturated rings. The van der Waals surface area contributed by atoms with Gasteiger partial charge in [0, 0.05) is 5.69 Å². The molecule has 0 aliphatic carbocycles. The van der Waals surface area contributed by atoms with Gasteiger partial charge in [-0.15, -0.1) is 0 Å². The lowest BCUT2D eigenvalue weighted by Gasteiger charge is -2.10. The fraction of sp³-hybridized carbons (Fsp3) is 0.0714. The van der Waals surface area contributed by atoms with Gasteiger partial charge in [-0.25, -0.2) is 4.39 Å². The number of alkyl halides is 3. The van der Waals surface area contributed by atoms with Crippen LogP contribution in [0.15, 0.2) is 36.4 Å². The minimum absolute atomic E-state index is 0.0733. The number of nitrogens with one attached hydrogen (secondary N) is 1. The van der Waals surface area contributed by atoms with Crippen LogP contribution in [0.2, 0.25) is 10.0 Å².